The number of carbonyl (C=O) groups is 1. The van der Waals surface area contributed by atoms with Crippen molar-refractivity contribution in [1.29, 1.82) is 0 Å². The first-order valence-corrected chi connectivity index (χ1v) is 9.98. The van der Waals surface area contributed by atoms with Crippen molar-refractivity contribution in [1.82, 2.24) is 0 Å². The van der Waals surface area contributed by atoms with Crippen molar-refractivity contribution in [2.45, 2.75) is 18.5 Å². The fourth-order valence-corrected chi connectivity index (χ4v) is 3.47. The molecule has 0 saturated heterocycles. The van der Waals surface area contributed by atoms with Crippen LogP contribution in [0.5, 0.6) is 0 Å². The molecule has 0 aromatic heterocycles. The minimum Gasteiger partial charge on any atom is -0.324 e. The molecule has 3 rings (SSSR count). The van der Waals surface area contributed by atoms with Crippen molar-refractivity contribution in [2.24, 2.45) is 5.92 Å². The molecular formula is C18H17F3N2O3S. The lowest BCUT2D eigenvalue weighted by atomic mass is 10.1. The molecule has 1 amide bonds. The molecule has 1 aliphatic carbocycles. The average Bonchev–Trinajstić information content (AvgIpc) is 3.36. The molecular weight excluding hydrogens is 381 g/mol. The largest absolute Gasteiger partial charge is 0.416 e. The first-order chi connectivity index (χ1) is 12.5. The van der Waals surface area contributed by atoms with Crippen molar-refractivity contribution in [3.8, 4) is 0 Å². The highest BCUT2D eigenvalue weighted by molar-refractivity contribution is 7.92. The number of hydrogen-bond donors (Lipinski definition) is 2. The van der Waals surface area contributed by atoms with E-state index in [-0.39, 0.29) is 23.2 Å². The van der Waals surface area contributed by atoms with E-state index in [9.17, 15) is 26.4 Å². The zero-order chi connectivity index (χ0) is 19.8. The lowest BCUT2D eigenvalue weighted by Crippen LogP contribution is -2.18. The molecule has 1 aliphatic rings. The topological polar surface area (TPSA) is 75.3 Å². The smallest absolute Gasteiger partial charge is 0.324 e. The van der Waals surface area contributed by atoms with Crippen LogP contribution in [0, 0.1) is 5.92 Å². The van der Waals surface area contributed by atoms with E-state index in [1.165, 1.54) is 0 Å². The maximum absolute atomic E-state index is 13.0. The van der Waals surface area contributed by atoms with Crippen molar-refractivity contribution in [3.63, 3.8) is 0 Å². The normalized spacial score (nSPS) is 19.4. The molecule has 144 valence electrons. The van der Waals surface area contributed by atoms with E-state index in [4.69, 9.17) is 0 Å². The van der Waals surface area contributed by atoms with Gasteiger partial charge in [-0.15, -0.1) is 0 Å². The third kappa shape index (κ3) is 4.79. The molecule has 27 heavy (non-hydrogen) atoms. The summed E-state index contributed by atoms with van der Waals surface area (Å²) in [5.74, 6) is -0.809. The Morgan fingerprint density at radius 1 is 1.07 bits per heavy atom. The number of anilines is 2. The Morgan fingerprint density at radius 2 is 1.74 bits per heavy atom. The third-order valence-electron chi connectivity index (χ3n) is 4.26. The molecule has 2 aromatic carbocycles. The fraction of sp³-hybridized carbons (Fsp3) is 0.278. The molecule has 2 aromatic rings. The summed E-state index contributed by atoms with van der Waals surface area (Å²) >= 11 is 0. The Balaban J connectivity index is 1.83. The van der Waals surface area contributed by atoms with Crippen LogP contribution in [0.3, 0.4) is 0 Å². The summed E-state index contributed by atoms with van der Waals surface area (Å²) < 4.78 is 64.0. The highest BCUT2D eigenvalue weighted by Gasteiger charge is 2.44. The van der Waals surface area contributed by atoms with E-state index in [0.29, 0.717) is 6.42 Å². The average molecular weight is 398 g/mol. The van der Waals surface area contributed by atoms with Crippen LogP contribution < -0.4 is 10.0 Å². The van der Waals surface area contributed by atoms with Crippen molar-refractivity contribution >= 4 is 27.3 Å². The molecule has 1 saturated carbocycles. The first kappa shape index (κ1) is 19.2. The molecule has 0 heterocycles. The number of sulfonamides is 1. The lowest BCUT2D eigenvalue weighted by molar-refractivity contribution is -0.137. The van der Waals surface area contributed by atoms with E-state index < -0.39 is 27.7 Å². The SMILES string of the molecule is CS(=O)(=O)Nc1ccc(C(F)(F)F)cc1NC(=O)C1CC1c1ccccc1. The summed E-state index contributed by atoms with van der Waals surface area (Å²) in [6.07, 6.45) is -3.15. The van der Waals surface area contributed by atoms with Gasteiger partial charge in [0, 0.05) is 5.92 Å². The fourth-order valence-electron chi connectivity index (χ4n) is 2.89. The number of benzene rings is 2. The van der Waals surface area contributed by atoms with E-state index in [0.717, 1.165) is 30.0 Å². The molecule has 0 aliphatic heterocycles. The predicted octanol–water partition coefficient (Wildman–Crippen LogP) is 3.82. The van der Waals surface area contributed by atoms with Crippen LogP contribution in [0.4, 0.5) is 24.5 Å². The van der Waals surface area contributed by atoms with Crippen LogP contribution in [-0.4, -0.2) is 20.6 Å². The third-order valence-corrected chi connectivity index (χ3v) is 4.85. The standard InChI is InChI=1S/C18H17F3N2O3S/c1-27(25,26)23-15-8-7-12(18(19,20)21)9-16(15)22-17(24)14-10-13(14)11-5-3-2-4-6-11/h2-9,13-14,23H,10H2,1H3,(H,22,24). The maximum atomic E-state index is 13.0. The second kappa shape index (κ2) is 6.88. The molecule has 1 fully saturated rings. The Morgan fingerprint density at radius 3 is 2.33 bits per heavy atom. The van der Waals surface area contributed by atoms with Gasteiger partial charge in [0.15, 0.2) is 0 Å². The molecule has 2 atom stereocenters. The molecule has 2 unspecified atom stereocenters. The quantitative estimate of drug-likeness (QED) is 0.804. The summed E-state index contributed by atoms with van der Waals surface area (Å²) in [5.41, 5.74) is -0.335. The van der Waals surface area contributed by atoms with E-state index >= 15 is 0 Å². The number of hydrogen-bond acceptors (Lipinski definition) is 3. The maximum Gasteiger partial charge on any atom is 0.416 e. The lowest BCUT2D eigenvalue weighted by Gasteiger charge is -2.15. The Labute approximate surface area is 154 Å². The van der Waals surface area contributed by atoms with Gasteiger partial charge < -0.3 is 5.32 Å². The summed E-state index contributed by atoms with van der Waals surface area (Å²) in [5, 5.41) is 2.44. The zero-order valence-electron chi connectivity index (χ0n) is 14.2. The van der Waals surface area contributed by atoms with Crippen molar-refractivity contribution in [2.75, 3.05) is 16.3 Å². The summed E-state index contributed by atoms with van der Waals surface area (Å²) in [6, 6.07) is 11.8. The first-order valence-electron chi connectivity index (χ1n) is 8.09. The molecule has 0 bridgehead atoms. The van der Waals surface area contributed by atoms with Crippen molar-refractivity contribution < 1.29 is 26.4 Å². The second-order valence-electron chi connectivity index (χ2n) is 6.48. The van der Waals surface area contributed by atoms with Crippen LogP contribution in [0.15, 0.2) is 48.5 Å². The molecule has 5 nitrogen and oxygen atoms in total. The molecule has 2 N–H and O–H groups in total. The number of halogens is 3. The molecule has 0 spiro atoms. The molecule has 9 heteroatoms. The number of amides is 1. The van der Waals surface area contributed by atoms with Crippen LogP contribution in [0.2, 0.25) is 0 Å². The zero-order valence-corrected chi connectivity index (χ0v) is 15.1. The van der Waals surface area contributed by atoms with Gasteiger partial charge in [0.1, 0.15) is 0 Å². The Kier molecular flexibility index (Phi) is 4.90. The number of alkyl halides is 3. The van der Waals surface area contributed by atoms with Crippen molar-refractivity contribution in [3.05, 3.63) is 59.7 Å². The summed E-state index contributed by atoms with van der Waals surface area (Å²) in [7, 11) is -3.72. The summed E-state index contributed by atoms with van der Waals surface area (Å²) in [4.78, 5) is 12.5. The Hall–Kier alpha value is -2.55. The minimum atomic E-state index is -4.62. The van der Waals surface area contributed by atoms with Crippen LogP contribution in [0.25, 0.3) is 0 Å². The van der Waals surface area contributed by atoms with Gasteiger partial charge in [-0.05, 0) is 36.1 Å². The second-order valence-corrected chi connectivity index (χ2v) is 8.23. The van der Waals surface area contributed by atoms with Gasteiger partial charge in [-0.25, -0.2) is 8.42 Å². The van der Waals surface area contributed by atoms with Gasteiger partial charge in [-0.2, -0.15) is 13.2 Å². The van der Waals surface area contributed by atoms with E-state index in [2.05, 4.69) is 10.0 Å². The van der Waals surface area contributed by atoms with Crippen LogP contribution in [0.1, 0.15) is 23.5 Å². The van der Waals surface area contributed by atoms with Crippen LogP contribution >= 0.6 is 0 Å². The van der Waals surface area contributed by atoms with E-state index in [1.807, 2.05) is 30.3 Å². The molecule has 0 radical (unpaired) electrons. The monoisotopic (exact) mass is 398 g/mol. The minimum absolute atomic E-state index is 0.00307. The van der Waals surface area contributed by atoms with Gasteiger partial charge in [-0.1, -0.05) is 30.3 Å². The van der Waals surface area contributed by atoms with Gasteiger partial charge >= 0.3 is 6.18 Å². The highest BCUT2D eigenvalue weighted by atomic mass is 32.2. The number of carbonyl (C=O) groups excluding carboxylic acids is 1. The van der Waals surface area contributed by atoms with Crippen LogP contribution in [-0.2, 0) is 21.0 Å². The predicted molar refractivity (Wildman–Crippen MR) is 95.8 cm³/mol. The van der Waals surface area contributed by atoms with Gasteiger partial charge in [0.05, 0.1) is 23.2 Å². The number of rotatable bonds is 5. The van der Waals surface area contributed by atoms with Gasteiger partial charge in [0.2, 0.25) is 15.9 Å². The summed E-state index contributed by atoms with van der Waals surface area (Å²) in [6.45, 7) is 0. The van der Waals surface area contributed by atoms with Gasteiger partial charge in [-0.3, -0.25) is 9.52 Å². The highest BCUT2D eigenvalue weighted by Crippen LogP contribution is 2.48. The van der Waals surface area contributed by atoms with Gasteiger partial charge in [0.25, 0.3) is 0 Å². The van der Waals surface area contributed by atoms with E-state index in [1.54, 1.807) is 0 Å². The Bertz CT molecular complexity index is 960. The number of nitrogens with one attached hydrogen (secondary N) is 2.